The van der Waals surface area contributed by atoms with E-state index in [2.05, 4.69) is 39.9 Å². The molecule has 0 spiro atoms. The van der Waals surface area contributed by atoms with E-state index in [0.29, 0.717) is 6.54 Å². The lowest BCUT2D eigenvalue weighted by Gasteiger charge is -2.04. The summed E-state index contributed by atoms with van der Waals surface area (Å²) in [7, 11) is 0. The van der Waals surface area contributed by atoms with Crippen LogP contribution in [0.1, 0.15) is 25.2 Å². The monoisotopic (exact) mass is 266 g/mol. The van der Waals surface area contributed by atoms with E-state index in [1.807, 2.05) is 10.9 Å². The van der Waals surface area contributed by atoms with Gasteiger partial charge in [-0.05, 0) is 13.8 Å². The summed E-state index contributed by atoms with van der Waals surface area (Å²) in [5.74, 6) is 1.69. The summed E-state index contributed by atoms with van der Waals surface area (Å²) in [5, 5.41) is 13.4. The first kappa shape index (κ1) is 13.1. The molecule has 0 aliphatic heterocycles. The van der Waals surface area contributed by atoms with Crippen molar-refractivity contribution in [1.29, 1.82) is 0 Å². The van der Waals surface area contributed by atoms with E-state index in [0.717, 1.165) is 29.8 Å². The van der Waals surface area contributed by atoms with E-state index in [9.17, 15) is 0 Å². The van der Waals surface area contributed by atoms with E-state index in [-0.39, 0.29) is 0 Å². The molecule has 18 heavy (non-hydrogen) atoms. The number of aryl methyl sites for hydroxylation is 1. The van der Waals surface area contributed by atoms with Crippen LogP contribution in [0.2, 0.25) is 0 Å². The first-order valence-corrected chi connectivity index (χ1v) is 7.03. The van der Waals surface area contributed by atoms with Crippen LogP contribution in [0.25, 0.3) is 0 Å². The Hall–Kier alpha value is -1.34. The standard InChI is InChI=1S/C11H18N6S/c1-3-16-7-9(6-13-16)8-18-11-15-14-10(5-12)17(11)4-2/h6-7H,3-5,8,12H2,1-2H3. The Morgan fingerprint density at radius 3 is 2.72 bits per heavy atom. The van der Waals surface area contributed by atoms with Crippen molar-refractivity contribution in [3.63, 3.8) is 0 Å². The van der Waals surface area contributed by atoms with Crippen molar-refractivity contribution >= 4 is 11.8 Å². The highest BCUT2D eigenvalue weighted by Gasteiger charge is 2.10. The molecule has 2 rings (SSSR count). The van der Waals surface area contributed by atoms with Crippen molar-refractivity contribution in [2.75, 3.05) is 0 Å². The molecule has 0 aromatic carbocycles. The van der Waals surface area contributed by atoms with Gasteiger partial charge in [-0.1, -0.05) is 11.8 Å². The smallest absolute Gasteiger partial charge is 0.191 e. The second kappa shape index (κ2) is 6.01. The third-order valence-corrected chi connectivity index (χ3v) is 3.71. The van der Waals surface area contributed by atoms with E-state index in [1.165, 1.54) is 5.56 Å². The first-order valence-electron chi connectivity index (χ1n) is 6.04. The third kappa shape index (κ3) is 2.73. The Morgan fingerprint density at radius 2 is 2.11 bits per heavy atom. The van der Waals surface area contributed by atoms with Crippen LogP contribution in [0.15, 0.2) is 17.6 Å². The predicted octanol–water partition coefficient (Wildman–Crippen LogP) is 1.27. The number of rotatable bonds is 6. The molecular weight excluding hydrogens is 248 g/mol. The number of thioether (sulfide) groups is 1. The fourth-order valence-electron chi connectivity index (χ4n) is 1.70. The fraction of sp³-hybridized carbons (Fsp3) is 0.545. The zero-order valence-electron chi connectivity index (χ0n) is 10.7. The lowest BCUT2D eigenvalue weighted by molar-refractivity contribution is 0.643. The second-order valence-electron chi connectivity index (χ2n) is 3.84. The van der Waals surface area contributed by atoms with Gasteiger partial charge in [-0.3, -0.25) is 4.68 Å². The number of hydrogen-bond donors (Lipinski definition) is 1. The summed E-state index contributed by atoms with van der Waals surface area (Å²) in [6, 6.07) is 0. The van der Waals surface area contributed by atoms with Crippen molar-refractivity contribution in [3.05, 3.63) is 23.8 Å². The summed E-state index contributed by atoms with van der Waals surface area (Å²) in [5.41, 5.74) is 6.82. The van der Waals surface area contributed by atoms with Crippen LogP contribution in [0.3, 0.4) is 0 Å². The van der Waals surface area contributed by atoms with Crippen molar-refractivity contribution in [2.24, 2.45) is 5.73 Å². The Bertz CT molecular complexity index is 503. The van der Waals surface area contributed by atoms with Crippen LogP contribution >= 0.6 is 11.8 Å². The van der Waals surface area contributed by atoms with Crippen LogP contribution < -0.4 is 5.73 Å². The largest absolute Gasteiger partial charge is 0.324 e. The zero-order valence-corrected chi connectivity index (χ0v) is 11.5. The molecule has 0 unspecified atom stereocenters. The van der Waals surface area contributed by atoms with Gasteiger partial charge in [0.25, 0.3) is 0 Å². The molecule has 7 heteroatoms. The van der Waals surface area contributed by atoms with Crippen LogP contribution in [-0.4, -0.2) is 24.5 Å². The molecule has 0 fully saturated rings. The highest BCUT2D eigenvalue weighted by atomic mass is 32.2. The van der Waals surface area contributed by atoms with Crippen LogP contribution in [0.4, 0.5) is 0 Å². The highest BCUT2D eigenvalue weighted by molar-refractivity contribution is 7.98. The molecular formula is C11H18N6S. The van der Waals surface area contributed by atoms with Gasteiger partial charge in [0.15, 0.2) is 5.16 Å². The van der Waals surface area contributed by atoms with Gasteiger partial charge in [-0.25, -0.2) is 0 Å². The lowest BCUT2D eigenvalue weighted by Crippen LogP contribution is -2.08. The highest BCUT2D eigenvalue weighted by Crippen LogP contribution is 2.21. The molecule has 2 heterocycles. The predicted molar refractivity (Wildman–Crippen MR) is 71.0 cm³/mol. The molecule has 0 aliphatic carbocycles. The molecule has 0 saturated heterocycles. The molecule has 2 N–H and O–H groups in total. The summed E-state index contributed by atoms with van der Waals surface area (Å²) in [6.45, 7) is 6.31. The Morgan fingerprint density at radius 1 is 1.28 bits per heavy atom. The minimum atomic E-state index is 0.426. The van der Waals surface area contributed by atoms with Gasteiger partial charge in [0, 0.05) is 30.6 Å². The molecule has 0 aliphatic rings. The Balaban J connectivity index is 2.03. The number of aromatic nitrogens is 5. The topological polar surface area (TPSA) is 74.6 Å². The summed E-state index contributed by atoms with van der Waals surface area (Å²) in [6.07, 6.45) is 3.95. The Kier molecular flexibility index (Phi) is 4.38. The maximum atomic E-state index is 5.62. The molecule has 0 saturated carbocycles. The van der Waals surface area contributed by atoms with Crippen molar-refractivity contribution in [3.8, 4) is 0 Å². The normalized spacial score (nSPS) is 11.1. The van der Waals surface area contributed by atoms with E-state index in [1.54, 1.807) is 11.8 Å². The quantitative estimate of drug-likeness (QED) is 0.797. The van der Waals surface area contributed by atoms with E-state index >= 15 is 0 Å². The minimum absolute atomic E-state index is 0.426. The van der Waals surface area contributed by atoms with Crippen molar-refractivity contribution < 1.29 is 0 Å². The molecule has 0 radical (unpaired) electrons. The van der Waals surface area contributed by atoms with Crippen LogP contribution in [0.5, 0.6) is 0 Å². The third-order valence-electron chi connectivity index (χ3n) is 2.67. The molecule has 2 aromatic rings. The Labute approximate surface area is 111 Å². The molecule has 2 aromatic heterocycles. The summed E-state index contributed by atoms with van der Waals surface area (Å²) < 4.78 is 3.97. The molecule has 0 atom stereocenters. The van der Waals surface area contributed by atoms with E-state index < -0.39 is 0 Å². The zero-order chi connectivity index (χ0) is 13.0. The molecule has 0 amide bonds. The maximum Gasteiger partial charge on any atom is 0.191 e. The summed E-state index contributed by atoms with van der Waals surface area (Å²) in [4.78, 5) is 0. The first-order chi connectivity index (χ1) is 8.78. The van der Waals surface area contributed by atoms with Gasteiger partial charge in [-0.15, -0.1) is 10.2 Å². The van der Waals surface area contributed by atoms with Gasteiger partial charge < -0.3 is 10.3 Å². The average molecular weight is 266 g/mol. The molecule has 6 nitrogen and oxygen atoms in total. The van der Waals surface area contributed by atoms with Gasteiger partial charge in [-0.2, -0.15) is 5.10 Å². The molecule has 98 valence electrons. The SMILES string of the molecule is CCn1cc(CSc2nnc(CN)n2CC)cn1. The van der Waals surface area contributed by atoms with Gasteiger partial charge >= 0.3 is 0 Å². The van der Waals surface area contributed by atoms with Gasteiger partial charge in [0.2, 0.25) is 0 Å². The van der Waals surface area contributed by atoms with Crippen molar-refractivity contribution in [1.82, 2.24) is 24.5 Å². The number of nitrogens with two attached hydrogens (primary N) is 1. The lowest BCUT2D eigenvalue weighted by atomic mass is 10.4. The second-order valence-corrected chi connectivity index (χ2v) is 4.78. The van der Waals surface area contributed by atoms with E-state index in [4.69, 9.17) is 5.73 Å². The van der Waals surface area contributed by atoms with Gasteiger partial charge in [0.05, 0.1) is 12.7 Å². The fourth-order valence-corrected chi connectivity index (χ4v) is 2.63. The minimum Gasteiger partial charge on any atom is -0.324 e. The number of nitrogens with zero attached hydrogens (tertiary/aromatic N) is 5. The van der Waals surface area contributed by atoms with Crippen molar-refractivity contribution in [2.45, 2.75) is 44.4 Å². The average Bonchev–Trinajstić information content (AvgIpc) is 3.01. The molecule has 0 bridgehead atoms. The summed E-state index contributed by atoms with van der Waals surface area (Å²) >= 11 is 1.67. The van der Waals surface area contributed by atoms with Gasteiger partial charge in [0.1, 0.15) is 5.82 Å². The van der Waals surface area contributed by atoms with Crippen LogP contribution in [0, 0.1) is 0 Å². The number of hydrogen-bond acceptors (Lipinski definition) is 5. The van der Waals surface area contributed by atoms with Crippen LogP contribution in [-0.2, 0) is 25.4 Å². The maximum absolute atomic E-state index is 5.62.